The van der Waals surface area contributed by atoms with Crippen LogP contribution in [0.25, 0.3) is 11.0 Å². The number of fused-ring (bicyclic) bond motifs is 1. The Labute approximate surface area is 128 Å². The third kappa shape index (κ3) is 2.45. The van der Waals surface area contributed by atoms with Gasteiger partial charge in [-0.05, 0) is 25.6 Å². The van der Waals surface area contributed by atoms with Crippen LogP contribution >= 0.6 is 11.6 Å². The Kier molecular flexibility index (Phi) is 3.74. The fourth-order valence-electron chi connectivity index (χ4n) is 2.56. The fourth-order valence-corrected chi connectivity index (χ4v) is 2.78. The zero-order chi connectivity index (χ0) is 15.0. The van der Waals surface area contributed by atoms with Gasteiger partial charge in [-0.2, -0.15) is 5.10 Å². The first-order chi connectivity index (χ1) is 10.1. The number of rotatable bonds is 4. The van der Waals surface area contributed by atoms with Gasteiger partial charge in [0.25, 0.3) is 0 Å². The summed E-state index contributed by atoms with van der Waals surface area (Å²) < 4.78 is 7.87. The Balaban J connectivity index is 2.11. The maximum Gasteiger partial charge on any atom is 0.152 e. The van der Waals surface area contributed by atoms with E-state index in [0.717, 1.165) is 34.5 Å². The second-order valence-electron chi connectivity index (χ2n) is 5.11. The standard InChI is InChI=1S/C16H18ClN3O/c1-4-18-15(12-9-19-20(3)10(12)2)14-8-11-6-5-7-13(17)16(11)21-14/h5-9,15,18H,4H2,1-3H3. The molecule has 4 nitrogen and oxygen atoms in total. The quantitative estimate of drug-likeness (QED) is 0.796. The monoisotopic (exact) mass is 303 g/mol. The zero-order valence-electron chi connectivity index (χ0n) is 12.4. The number of nitrogens with one attached hydrogen (secondary N) is 1. The number of hydrogen-bond donors (Lipinski definition) is 1. The van der Waals surface area contributed by atoms with Crippen molar-refractivity contribution in [2.45, 2.75) is 19.9 Å². The van der Waals surface area contributed by atoms with Crippen LogP contribution in [0.1, 0.15) is 30.0 Å². The summed E-state index contributed by atoms with van der Waals surface area (Å²) in [6, 6.07) is 7.80. The molecule has 0 spiro atoms. The van der Waals surface area contributed by atoms with Gasteiger partial charge < -0.3 is 9.73 Å². The second-order valence-corrected chi connectivity index (χ2v) is 5.51. The molecule has 0 bridgehead atoms. The molecule has 0 radical (unpaired) electrons. The van der Waals surface area contributed by atoms with Crippen molar-refractivity contribution in [1.29, 1.82) is 0 Å². The molecule has 1 N–H and O–H groups in total. The van der Waals surface area contributed by atoms with Gasteiger partial charge in [0.2, 0.25) is 0 Å². The lowest BCUT2D eigenvalue weighted by atomic mass is 10.1. The van der Waals surface area contributed by atoms with Crippen LogP contribution in [0.5, 0.6) is 0 Å². The van der Waals surface area contributed by atoms with Gasteiger partial charge in [0.1, 0.15) is 5.76 Å². The normalized spacial score (nSPS) is 13.0. The molecular formula is C16H18ClN3O. The number of hydrogen-bond acceptors (Lipinski definition) is 3. The minimum atomic E-state index is -0.0211. The molecule has 0 saturated heterocycles. The molecule has 3 aromatic rings. The average Bonchev–Trinajstić information content (AvgIpc) is 3.03. The molecule has 1 atom stereocenters. The van der Waals surface area contributed by atoms with Crippen LogP contribution in [0.2, 0.25) is 5.02 Å². The highest BCUT2D eigenvalue weighted by Gasteiger charge is 2.22. The van der Waals surface area contributed by atoms with Gasteiger partial charge in [0, 0.05) is 23.7 Å². The molecule has 0 aliphatic rings. The smallest absolute Gasteiger partial charge is 0.152 e. The third-order valence-corrected chi connectivity index (χ3v) is 4.09. The number of para-hydroxylation sites is 1. The predicted octanol–water partition coefficient (Wildman–Crippen LogP) is 3.83. The SMILES string of the molecule is CCNC(c1cc2cccc(Cl)c2o1)c1cnn(C)c1C. The summed E-state index contributed by atoms with van der Waals surface area (Å²) in [7, 11) is 1.94. The summed E-state index contributed by atoms with van der Waals surface area (Å²) in [5.74, 6) is 0.857. The van der Waals surface area contributed by atoms with E-state index in [1.807, 2.05) is 42.2 Å². The van der Waals surface area contributed by atoms with Crippen molar-refractivity contribution in [3.05, 3.63) is 52.5 Å². The van der Waals surface area contributed by atoms with Gasteiger partial charge in [-0.25, -0.2) is 0 Å². The summed E-state index contributed by atoms with van der Waals surface area (Å²) in [5, 5.41) is 9.44. The zero-order valence-corrected chi connectivity index (χ0v) is 13.1. The molecule has 5 heteroatoms. The molecule has 0 saturated carbocycles. The molecule has 21 heavy (non-hydrogen) atoms. The van der Waals surface area contributed by atoms with Crippen molar-refractivity contribution < 1.29 is 4.42 Å². The van der Waals surface area contributed by atoms with E-state index in [1.54, 1.807) is 0 Å². The predicted molar refractivity (Wildman–Crippen MR) is 84.7 cm³/mol. The maximum absolute atomic E-state index is 6.20. The number of benzene rings is 1. The molecule has 2 heterocycles. The molecule has 0 fully saturated rings. The summed E-state index contributed by atoms with van der Waals surface area (Å²) in [4.78, 5) is 0. The number of halogens is 1. The molecule has 3 rings (SSSR count). The molecule has 1 unspecified atom stereocenters. The van der Waals surface area contributed by atoms with Gasteiger partial charge >= 0.3 is 0 Å². The molecular weight excluding hydrogens is 286 g/mol. The van der Waals surface area contributed by atoms with Crippen molar-refractivity contribution >= 4 is 22.6 Å². The van der Waals surface area contributed by atoms with E-state index >= 15 is 0 Å². The first-order valence-electron chi connectivity index (χ1n) is 7.01. The molecule has 110 valence electrons. The Morgan fingerprint density at radius 3 is 2.86 bits per heavy atom. The van der Waals surface area contributed by atoms with Gasteiger partial charge in [-0.15, -0.1) is 0 Å². The number of aryl methyl sites for hydroxylation is 1. The van der Waals surface area contributed by atoms with E-state index in [4.69, 9.17) is 16.0 Å². The largest absolute Gasteiger partial charge is 0.457 e. The number of nitrogens with zero attached hydrogens (tertiary/aromatic N) is 2. The van der Waals surface area contributed by atoms with Crippen LogP contribution in [0.4, 0.5) is 0 Å². The second kappa shape index (κ2) is 5.54. The van der Waals surface area contributed by atoms with Crippen molar-refractivity contribution in [3.8, 4) is 0 Å². The Bertz CT molecular complexity index is 775. The van der Waals surface area contributed by atoms with Crippen molar-refractivity contribution in [3.63, 3.8) is 0 Å². The summed E-state index contributed by atoms with van der Waals surface area (Å²) in [6.07, 6.45) is 1.89. The van der Waals surface area contributed by atoms with E-state index in [2.05, 4.69) is 24.3 Å². The van der Waals surface area contributed by atoms with Crippen LogP contribution in [-0.2, 0) is 7.05 Å². The van der Waals surface area contributed by atoms with E-state index in [0.29, 0.717) is 5.02 Å². The minimum Gasteiger partial charge on any atom is -0.457 e. The third-order valence-electron chi connectivity index (χ3n) is 3.79. The van der Waals surface area contributed by atoms with Crippen LogP contribution in [0, 0.1) is 6.92 Å². The Morgan fingerprint density at radius 2 is 2.24 bits per heavy atom. The highest BCUT2D eigenvalue weighted by Crippen LogP contribution is 2.32. The van der Waals surface area contributed by atoms with E-state index in [1.165, 1.54) is 0 Å². The lowest BCUT2D eigenvalue weighted by Crippen LogP contribution is -2.22. The number of aromatic nitrogens is 2. The van der Waals surface area contributed by atoms with Crippen LogP contribution < -0.4 is 5.32 Å². The fraction of sp³-hybridized carbons (Fsp3) is 0.312. The lowest BCUT2D eigenvalue weighted by molar-refractivity contribution is 0.475. The molecule has 1 aromatic carbocycles. The van der Waals surface area contributed by atoms with Crippen LogP contribution in [-0.4, -0.2) is 16.3 Å². The molecule has 0 aliphatic heterocycles. The van der Waals surface area contributed by atoms with Crippen molar-refractivity contribution in [2.75, 3.05) is 6.54 Å². The van der Waals surface area contributed by atoms with Crippen LogP contribution in [0.3, 0.4) is 0 Å². The number of furan rings is 1. The highest BCUT2D eigenvalue weighted by atomic mass is 35.5. The van der Waals surface area contributed by atoms with Gasteiger partial charge in [0.05, 0.1) is 17.3 Å². The van der Waals surface area contributed by atoms with Gasteiger partial charge in [0.15, 0.2) is 5.58 Å². The molecule has 0 amide bonds. The Hall–Kier alpha value is -1.78. The highest BCUT2D eigenvalue weighted by molar-refractivity contribution is 6.34. The summed E-state index contributed by atoms with van der Waals surface area (Å²) in [6.45, 7) is 4.97. The topological polar surface area (TPSA) is 43.0 Å². The summed E-state index contributed by atoms with van der Waals surface area (Å²) >= 11 is 6.20. The summed E-state index contributed by atoms with van der Waals surface area (Å²) in [5.41, 5.74) is 2.97. The Morgan fingerprint density at radius 1 is 1.43 bits per heavy atom. The molecule has 0 aliphatic carbocycles. The van der Waals surface area contributed by atoms with Gasteiger partial charge in [-0.3, -0.25) is 4.68 Å². The van der Waals surface area contributed by atoms with Crippen LogP contribution in [0.15, 0.2) is 34.9 Å². The van der Waals surface area contributed by atoms with E-state index < -0.39 is 0 Å². The maximum atomic E-state index is 6.20. The first kappa shape index (κ1) is 14.2. The van der Waals surface area contributed by atoms with Crippen molar-refractivity contribution in [1.82, 2.24) is 15.1 Å². The van der Waals surface area contributed by atoms with E-state index in [9.17, 15) is 0 Å². The van der Waals surface area contributed by atoms with Gasteiger partial charge in [-0.1, -0.05) is 30.7 Å². The average molecular weight is 304 g/mol. The van der Waals surface area contributed by atoms with Crippen molar-refractivity contribution in [2.24, 2.45) is 7.05 Å². The first-order valence-corrected chi connectivity index (χ1v) is 7.39. The lowest BCUT2D eigenvalue weighted by Gasteiger charge is -2.15. The van der Waals surface area contributed by atoms with E-state index in [-0.39, 0.29) is 6.04 Å². The molecule has 2 aromatic heterocycles. The minimum absolute atomic E-state index is 0.0211.